The number of nitrogens with zero attached hydrogens (tertiary/aromatic N) is 4. The van der Waals surface area contributed by atoms with Crippen molar-refractivity contribution in [2.45, 2.75) is 38.6 Å². The van der Waals surface area contributed by atoms with Crippen LogP contribution in [0.25, 0.3) is 5.65 Å². The lowest BCUT2D eigenvalue weighted by Crippen LogP contribution is -2.37. The number of ether oxygens (including phenoxy) is 1. The van der Waals surface area contributed by atoms with Crippen molar-refractivity contribution < 1.29 is 4.74 Å². The Hall–Kier alpha value is -1.33. The van der Waals surface area contributed by atoms with Gasteiger partial charge in [-0.15, -0.1) is 0 Å². The molecule has 0 aliphatic carbocycles. The van der Waals surface area contributed by atoms with E-state index in [2.05, 4.69) is 35.9 Å². The van der Waals surface area contributed by atoms with Gasteiger partial charge in [0.15, 0.2) is 5.65 Å². The maximum Gasteiger partial charge on any atom is 0.162 e. The summed E-state index contributed by atoms with van der Waals surface area (Å²) in [5.74, 6) is 1.36. The molecular formula is C15H21ClN4O. The maximum absolute atomic E-state index is 6.24. The average Bonchev–Trinajstić information content (AvgIpc) is 2.90. The van der Waals surface area contributed by atoms with Crippen LogP contribution in [0.1, 0.15) is 38.2 Å². The third-order valence-electron chi connectivity index (χ3n) is 4.17. The number of aromatic nitrogens is 3. The topological polar surface area (TPSA) is 42.7 Å². The molecule has 0 saturated carbocycles. The predicted octanol–water partition coefficient (Wildman–Crippen LogP) is 3.12. The summed E-state index contributed by atoms with van der Waals surface area (Å²) in [6.45, 7) is 5.91. The Morgan fingerprint density at radius 3 is 2.76 bits per heavy atom. The summed E-state index contributed by atoms with van der Waals surface area (Å²) in [5.41, 5.74) is 1.98. The van der Waals surface area contributed by atoms with Crippen LogP contribution >= 0.6 is 11.6 Å². The minimum absolute atomic E-state index is 0.370. The van der Waals surface area contributed by atoms with Gasteiger partial charge in [0.2, 0.25) is 0 Å². The fraction of sp³-hybridized carbons (Fsp3) is 0.600. The highest BCUT2D eigenvalue weighted by atomic mass is 35.5. The molecular weight excluding hydrogens is 288 g/mol. The second kappa shape index (κ2) is 5.81. The van der Waals surface area contributed by atoms with Crippen molar-refractivity contribution in [1.82, 2.24) is 14.6 Å². The molecule has 0 amide bonds. The number of rotatable bonds is 3. The van der Waals surface area contributed by atoms with Gasteiger partial charge in [0, 0.05) is 37.9 Å². The maximum atomic E-state index is 6.24. The molecule has 0 bridgehead atoms. The van der Waals surface area contributed by atoms with E-state index in [0.29, 0.717) is 17.1 Å². The van der Waals surface area contributed by atoms with Gasteiger partial charge in [-0.1, -0.05) is 25.4 Å². The lowest BCUT2D eigenvalue weighted by atomic mass is 10.1. The Morgan fingerprint density at radius 2 is 2.10 bits per heavy atom. The molecule has 2 aromatic rings. The Morgan fingerprint density at radius 1 is 1.38 bits per heavy atom. The van der Waals surface area contributed by atoms with Crippen LogP contribution in [0.5, 0.6) is 0 Å². The molecule has 1 fully saturated rings. The quantitative estimate of drug-likeness (QED) is 0.817. The zero-order valence-electron chi connectivity index (χ0n) is 12.7. The Bertz CT molecular complexity index is 634. The zero-order chi connectivity index (χ0) is 15.0. The molecule has 0 unspecified atom stereocenters. The molecule has 3 rings (SSSR count). The molecule has 5 nitrogen and oxygen atoms in total. The van der Waals surface area contributed by atoms with E-state index in [-0.39, 0.29) is 0 Å². The van der Waals surface area contributed by atoms with Crippen molar-refractivity contribution in [1.29, 1.82) is 0 Å². The first-order chi connectivity index (χ1) is 10.1. The number of hydrogen-bond acceptors (Lipinski definition) is 4. The Labute approximate surface area is 129 Å². The Kier molecular flexibility index (Phi) is 4.04. The van der Waals surface area contributed by atoms with Crippen LogP contribution in [0.4, 0.5) is 5.82 Å². The molecule has 6 heteroatoms. The van der Waals surface area contributed by atoms with E-state index >= 15 is 0 Å². The van der Waals surface area contributed by atoms with Crippen molar-refractivity contribution in [2.24, 2.45) is 0 Å². The monoisotopic (exact) mass is 308 g/mol. The molecule has 0 N–H and O–H groups in total. The van der Waals surface area contributed by atoms with Crippen LogP contribution in [0.2, 0.25) is 5.15 Å². The summed E-state index contributed by atoms with van der Waals surface area (Å²) in [4.78, 5) is 6.71. The van der Waals surface area contributed by atoms with Gasteiger partial charge >= 0.3 is 0 Å². The number of halogens is 1. The van der Waals surface area contributed by atoms with Crippen LogP contribution in [-0.4, -0.2) is 40.9 Å². The van der Waals surface area contributed by atoms with Crippen molar-refractivity contribution in [3.8, 4) is 0 Å². The van der Waals surface area contributed by atoms with E-state index in [0.717, 1.165) is 43.1 Å². The van der Waals surface area contributed by atoms with Crippen molar-refractivity contribution in [3.63, 3.8) is 0 Å². The van der Waals surface area contributed by atoms with E-state index in [9.17, 15) is 0 Å². The van der Waals surface area contributed by atoms with E-state index in [1.807, 2.05) is 16.8 Å². The molecule has 0 radical (unpaired) electrons. The normalized spacial score (nSPS) is 16.8. The van der Waals surface area contributed by atoms with Crippen LogP contribution in [-0.2, 0) is 4.74 Å². The first-order valence-electron chi connectivity index (χ1n) is 7.42. The average molecular weight is 309 g/mol. The fourth-order valence-corrected chi connectivity index (χ4v) is 3.03. The molecule has 1 aliphatic rings. The minimum Gasteiger partial charge on any atom is -0.381 e. The summed E-state index contributed by atoms with van der Waals surface area (Å²) < 4.78 is 7.34. The van der Waals surface area contributed by atoms with E-state index in [4.69, 9.17) is 16.3 Å². The molecule has 21 heavy (non-hydrogen) atoms. The zero-order valence-corrected chi connectivity index (χ0v) is 13.5. The van der Waals surface area contributed by atoms with Crippen LogP contribution in [0, 0.1) is 0 Å². The summed E-state index contributed by atoms with van der Waals surface area (Å²) in [7, 11) is 2.10. The molecule has 2 aromatic heterocycles. The van der Waals surface area contributed by atoms with Gasteiger partial charge < -0.3 is 9.64 Å². The number of anilines is 1. The second-order valence-electron chi connectivity index (χ2n) is 5.88. The van der Waals surface area contributed by atoms with Crippen LogP contribution in [0.3, 0.4) is 0 Å². The minimum atomic E-state index is 0.370. The second-order valence-corrected chi connectivity index (χ2v) is 6.27. The third kappa shape index (κ3) is 2.72. The number of fused-ring (bicyclic) bond motifs is 1. The van der Waals surface area contributed by atoms with Crippen molar-refractivity contribution in [2.75, 3.05) is 25.2 Å². The van der Waals surface area contributed by atoms with Crippen molar-refractivity contribution >= 4 is 23.1 Å². The van der Waals surface area contributed by atoms with Gasteiger partial charge in [-0.05, 0) is 18.8 Å². The number of hydrogen-bond donors (Lipinski definition) is 0. The van der Waals surface area contributed by atoms with E-state index in [1.165, 1.54) is 0 Å². The van der Waals surface area contributed by atoms with Gasteiger partial charge in [0.05, 0.1) is 6.20 Å². The highest BCUT2D eigenvalue weighted by Gasteiger charge is 2.22. The molecule has 0 atom stereocenters. The lowest BCUT2D eigenvalue weighted by Gasteiger charge is -2.32. The molecule has 114 valence electrons. The summed E-state index contributed by atoms with van der Waals surface area (Å²) in [5, 5.41) is 5.03. The van der Waals surface area contributed by atoms with E-state index < -0.39 is 0 Å². The van der Waals surface area contributed by atoms with Crippen LogP contribution in [0.15, 0.2) is 12.3 Å². The van der Waals surface area contributed by atoms with Gasteiger partial charge in [-0.25, -0.2) is 4.98 Å². The summed E-state index contributed by atoms with van der Waals surface area (Å²) in [6.07, 6.45) is 3.94. The molecule has 1 saturated heterocycles. The Balaban J connectivity index is 2.05. The molecule has 0 aromatic carbocycles. The van der Waals surface area contributed by atoms with Gasteiger partial charge in [-0.3, -0.25) is 0 Å². The molecule has 0 spiro atoms. The lowest BCUT2D eigenvalue weighted by molar-refractivity contribution is 0.0853. The first kappa shape index (κ1) is 14.6. The molecule has 1 aliphatic heterocycles. The molecule has 3 heterocycles. The standard InChI is InChI=1S/C15H21ClN4O/c1-10(2)12-9-17-20-14(8-13(16)18-15(12)20)19(3)11-4-6-21-7-5-11/h8-11H,4-7H2,1-3H3. The fourth-order valence-electron chi connectivity index (χ4n) is 2.85. The SMILES string of the molecule is CC(C)c1cnn2c(N(C)C3CCOCC3)cc(Cl)nc12. The van der Waals surface area contributed by atoms with E-state index in [1.54, 1.807) is 0 Å². The van der Waals surface area contributed by atoms with Gasteiger partial charge in [0.25, 0.3) is 0 Å². The van der Waals surface area contributed by atoms with Gasteiger partial charge in [-0.2, -0.15) is 9.61 Å². The highest BCUT2D eigenvalue weighted by Crippen LogP contribution is 2.27. The third-order valence-corrected chi connectivity index (χ3v) is 4.36. The summed E-state index contributed by atoms with van der Waals surface area (Å²) >= 11 is 6.24. The smallest absolute Gasteiger partial charge is 0.162 e. The van der Waals surface area contributed by atoms with Crippen LogP contribution < -0.4 is 4.90 Å². The predicted molar refractivity (Wildman–Crippen MR) is 84.3 cm³/mol. The summed E-state index contributed by atoms with van der Waals surface area (Å²) in [6, 6.07) is 2.34. The first-order valence-corrected chi connectivity index (χ1v) is 7.80. The van der Waals surface area contributed by atoms with Gasteiger partial charge in [0.1, 0.15) is 11.0 Å². The largest absolute Gasteiger partial charge is 0.381 e. The van der Waals surface area contributed by atoms with Crippen molar-refractivity contribution in [3.05, 3.63) is 23.0 Å². The highest BCUT2D eigenvalue weighted by molar-refractivity contribution is 6.29.